The maximum absolute atomic E-state index is 9.65. The van der Waals surface area contributed by atoms with E-state index in [0.29, 0.717) is 5.52 Å². The van der Waals surface area contributed by atoms with Gasteiger partial charge < -0.3 is 5.11 Å². The maximum Gasteiger partial charge on any atom is 0.141 e. The number of aromatic nitrogens is 1. The normalized spacial score (nSPS) is 10.7. The van der Waals surface area contributed by atoms with Crippen molar-refractivity contribution in [1.29, 1.82) is 0 Å². The third-order valence-electron chi connectivity index (χ3n) is 2.17. The zero-order valence-corrected chi connectivity index (χ0v) is 9.42. The molecule has 0 bridgehead atoms. The number of pyridine rings is 1. The minimum absolute atomic E-state index is 0.256. The van der Waals surface area contributed by atoms with E-state index in [1.54, 1.807) is 12.3 Å². The van der Waals surface area contributed by atoms with Crippen LogP contribution < -0.4 is 0 Å². The van der Waals surface area contributed by atoms with Gasteiger partial charge in [0.2, 0.25) is 0 Å². The van der Waals surface area contributed by atoms with Crippen molar-refractivity contribution in [2.75, 3.05) is 5.75 Å². The molecule has 0 radical (unpaired) electrons. The quantitative estimate of drug-likeness (QED) is 0.803. The number of phenolic OH excluding ortho intramolecular Hbond substituents is 1. The van der Waals surface area contributed by atoms with Crippen molar-refractivity contribution >= 4 is 22.7 Å². The van der Waals surface area contributed by atoms with E-state index >= 15 is 0 Å². The minimum atomic E-state index is 0.256. The van der Waals surface area contributed by atoms with Crippen molar-refractivity contribution in [2.45, 2.75) is 18.2 Å². The van der Waals surface area contributed by atoms with Crippen LogP contribution in [0.25, 0.3) is 10.9 Å². The van der Waals surface area contributed by atoms with Gasteiger partial charge in [-0.25, -0.2) is 0 Å². The summed E-state index contributed by atoms with van der Waals surface area (Å²) in [5, 5.41) is 10.7. The molecular formula is C12H13NOS. The van der Waals surface area contributed by atoms with E-state index in [0.717, 1.165) is 17.6 Å². The number of aromatic hydroxyl groups is 1. The Balaban J connectivity index is 2.51. The van der Waals surface area contributed by atoms with E-state index < -0.39 is 0 Å². The summed E-state index contributed by atoms with van der Waals surface area (Å²) < 4.78 is 0. The second-order valence-electron chi connectivity index (χ2n) is 3.33. The second-order valence-corrected chi connectivity index (χ2v) is 4.47. The fourth-order valence-corrected chi connectivity index (χ4v) is 2.38. The number of benzene rings is 1. The first-order valence-corrected chi connectivity index (χ1v) is 6.01. The van der Waals surface area contributed by atoms with Crippen LogP contribution in [0.5, 0.6) is 5.75 Å². The number of hydrogen-bond donors (Lipinski definition) is 1. The molecule has 0 saturated heterocycles. The van der Waals surface area contributed by atoms with E-state index in [1.807, 2.05) is 30.0 Å². The summed E-state index contributed by atoms with van der Waals surface area (Å²) in [6, 6.07) is 7.57. The van der Waals surface area contributed by atoms with Gasteiger partial charge in [0.05, 0.1) is 0 Å². The SMILES string of the molecule is CCCSc1ccc(O)c2ncccc12. The molecule has 0 aliphatic heterocycles. The van der Waals surface area contributed by atoms with Crippen LogP contribution in [-0.2, 0) is 0 Å². The van der Waals surface area contributed by atoms with Crippen LogP contribution in [0.3, 0.4) is 0 Å². The molecule has 0 aliphatic rings. The van der Waals surface area contributed by atoms with E-state index in [9.17, 15) is 5.11 Å². The predicted octanol–water partition coefficient (Wildman–Crippen LogP) is 3.44. The molecule has 2 rings (SSSR count). The highest BCUT2D eigenvalue weighted by atomic mass is 32.2. The molecule has 1 heterocycles. The average Bonchev–Trinajstić information content (AvgIpc) is 2.29. The predicted molar refractivity (Wildman–Crippen MR) is 64.4 cm³/mol. The maximum atomic E-state index is 9.65. The zero-order valence-electron chi connectivity index (χ0n) is 8.60. The van der Waals surface area contributed by atoms with E-state index in [2.05, 4.69) is 11.9 Å². The lowest BCUT2D eigenvalue weighted by atomic mass is 10.2. The molecule has 3 heteroatoms. The number of thioether (sulfide) groups is 1. The van der Waals surface area contributed by atoms with Crippen molar-refractivity contribution in [3.8, 4) is 5.75 Å². The van der Waals surface area contributed by atoms with Gasteiger partial charge in [0, 0.05) is 16.5 Å². The van der Waals surface area contributed by atoms with Gasteiger partial charge in [0.25, 0.3) is 0 Å². The van der Waals surface area contributed by atoms with Crippen LogP contribution in [0.4, 0.5) is 0 Å². The molecule has 0 aliphatic carbocycles. The molecule has 0 spiro atoms. The van der Waals surface area contributed by atoms with Gasteiger partial charge in [-0.15, -0.1) is 11.8 Å². The summed E-state index contributed by atoms with van der Waals surface area (Å²) >= 11 is 1.81. The largest absolute Gasteiger partial charge is 0.506 e. The molecule has 2 aromatic rings. The summed E-state index contributed by atoms with van der Waals surface area (Å²) in [5.74, 6) is 1.35. The van der Waals surface area contributed by atoms with Crippen LogP contribution in [-0.4, -0.2) is 15.8 Å². The molecule has 0 unspecified atom stereocenters. The first kappa shape index (κ1) is 10.3. The molecule has 1 aromatic carbocycles. The highest BCUT2D eigenvalue weighted by molar-refractivity contribution is 7.99. The molecule has 2 nitrogen and oxygen atoms in total. The van der Waals surface area contributed by atoms with E-state index in [1.165, 1.54) is 4.90 Å². The third-order valence-corrected chi connectivity index (χ3v) is 3.45. The Kier molecular flexibility index (Phi) is 3.11. The van der Waals surface area contributed by atoms with Crippen molar-refractivity contribution in [3.63, 3.8) is 0 Å². The van der Waals surface area contributed by atoms with Crippen LogP contribution in [0.15, 0.2) is 35.4 Å². The molecule has 15 heavy (non-hydrogen) atoms. The van der Waals surface area contributed by atoms with Gasteiger partial charge in [0.1, 0.15) is 11.3 Å². The summed E-state index contributed by atoms with van der Waals surface area (Å²) in [6.45, 7) is 2.16. The zero-order chi connectivity index (χ0) is 10.7. The summed E-state index contributed by atoms with van der Waals surface area (Å²) in [5.41, 5.74) is 0.693. The fraction of sp³-hybridized carbons (Fsp3) is 0.250. The van der Waals surface area contributed by atoms with E-state index in [-0.39, 0.29) is 5.75 Å². The molecule has 0 amide bonds. The van der Waals surface area contributed by atoms with Crippen LogP contribution in [0.2, 0.25) is 0 Å². The highest BCUT2D eigenvalue weighted by Crippen LogP contribution is 2.31. The van der Waals surface area contributed by atoms with E-state index in [4.69, 9.17) is 0 Å². The molecular weight excluding hydrogens is 206 g/mol. The topological polar surface area (TPSA) is 33.1 Å². The number of fused-ring (bicyclic) bond motifs is 1. The summed E-state index contributed by atoms with van der Waals surface area (Å²) in [7, 11) is 0. The number of rotatable bonds is 3. The van der Waals surface area contributed by atoms with Crippen LogP contribution >= 0.6 is 11.8 Å². The molecule has 1 N–H and O–H groups in total. The standard InChI is InChI=1S/C12H13NOS/c1-2-8-15-11-6-5-10(14)12-9(11)4-3-7-13-12/h3-7,14H,2,8H2,1H3. The molecule has 78 valence electrons. The third kappa shape index (κ3) is 2.07. The van der Waals surface area contributed by atoms with Gasteiger partial charge in [0.15, 0.2) is 0 Å². The highest BCUT2D eigenvalue weighted by Gasteiger charge is 2.05. The lowest BCUT2D eigenvalue weighted by molar-refractivity contribution is 0.480. The first-order chi connectivity index (χ1) is 7.33. The van der Waals surface area contributed by atoms with Crippen molar-refractivity contribution < 1.29 is 5.11 Å². The monoisotopic (exact) mass is 219 g/mol. The number of nitrogens with zero attached hydrogens (tertiary/aromatic N) is 1. The molecule has 0 fully saturated rings. The van der Waals surface area contributed by atoms with Crippen molar-refractivity contribution in [3.05, 3.63) is 30.5 Å². The van der Waals surface area contributed by atoms with Gasteiger partial charge in [-0.05, 0) is 30.4 Å². The van der Waals surface area contributed by atoms with Gasteiger partial charge in [-0.2, -0.15) is 0 Å². The smallest absolute Gasteiger partial charge is 0.141 e. The van der Waals surface area contributed by atoms with Crippen molar-refractivity contribution in [1.82, 2.24) is 4.98 Å². The van der Waals surface area contributed by atoms with Crippen molar-refractivity contribution in [2.24, 2.45) is 0 Å². The Morgan fingerprint density at radius 2 is 2.20 bits per heavy atom. The van der Waals surface area contributed by atoms with Crippen LogP contribution in [0.1, 0.15) is 13.3 Å². The minimum Gasteiger partial charge on any atom is -0.506 e. The Hall–Kier alpha value is -1.22. The Labute approximate surface area is 93.3 Å². The summed E-state index contributed by atoms with van der Waals surface area (Å²) in [4.78, 5) is 5.38. The number of hydrogen-bond acceptors (Lipinski definition) is 3. The van der Waals surface area contributed by atoms with Gasteiger partial charge in [-0.3, -0.25) is 4.98 Å². The first-order valence-electron chi connectivity index (χ1n) is 5.02. The molecule has 0 saturated carbocycles. The molecule has 0 atom stereocenters. The fourth-order valence-electron chi connectivity index (χ4n) is 1.47. The Morgan fingerprint density at radius 3 is 3.00 bits per heavy atom. The lowest BCUT2D eigenvalue weighted by Crippen LogP contribution is -1.83. The lowest BCUT2D eigenvalue weighted by Gasteiger charge is -2.05. The average molecular weight is 219 g/mol. The van der Waals surface area contributed by atoms with Crippen LogP contribution in [0, 0.1) is 0 Å². The summed E-state index contributed by atoms with van der Waals surface area (Å²) in [6.07, 6.45) is 2.85. The number of phenols is 1. The second kappa shape index (κ2) is 4.53. The van der Waals surface area contributed by atoms with Gasteiger partial charge in [-0.1, -0.05) is 13.0 Å². The molecule has 1 aromatic heterocycles. The van der Waals surface area contributed by atoms with Gasteiger partial charge >= 0.3 is 0 Å². The Morgan fingerprint density at radius 1 is 1.33 bits per heavy atom. The Bertz CT molecular complexity index is 470.